The molecular weight excluding hydrogens is 196 g/mol. The summed E-state index contributed by atoms with van der Waals surface area (Å²) in [4.78, 5) is 1.34. The summed E-state index contributed by atoms with van der Waals surface area (Å²) in [6.07, 6.45) is 4.16. The molecule has 0 fully saturated rings. The minimum atomic E-state index is 0.797. The van der Waals surface area contributed by atoms with Gasteiger partial charge >= 0.3 is 0 Å². The van der Waals surface area contributed by atoms with Crippen LogP contribution in [0.4, 0.5) is 0 Å². The lowest BCUT2D eigenvalue weighted by Crippen LogP contribution is -1.76. The van der Waals surface area contributed by atoms with E-state index in [0.717, 1.165) is 11.5 Å². The van der Waals surface area contributed by atoms with Crippen LogP contribution >= 0.6 is 24.4 Å². The molecule has 0 heterocycles. The van der Waals surface area contributed by atoms with Crippen molar-refractivity contribution in [2.45, 2.75) is 11.8 Å². The van der Waals surface area contributed by atoms with Gasteiger partial charge in [0.1, 0.15) is 0 Å². The lowest BCUT2D eigenvalue weighted by atomic mass is 10.2. The van der Waals surface area contributed by atoms with Crippen molar-refractivity contribution in [3.05, 3.63) is 35.9 Å². The quantitative estimate of drug-likeness (QED) is 0.583. The van der Waals surface area contributed by atoms with Gasteiger partial charge in [0, 0.05) is 10.6 Å². The highest BCUT2D eigenvalue weighted by molar-refractivity contribution is 7.99. The first-order valence-corrected chi connectivity index (χ1v) is 5.99. The second-order valence-electron chi connectivity index (χ2n) is 2.59. The zero-order valence-electron chi connectivity index (χ0n) is 7.73. The van der Waals surface area contributed by atoms with Crippen molar-refractivity contribution >= 4 is 30.5 Å². The fraction of sp³-hybridized carbons (Fsp3) is 0.273. The fourth-order valence-corrected chi connectivity index (χ4v) is 1.90. The van der Waals surface area contributed by atoms with Crippen molar-refractivity contribution < 1.29 is 0 Å². The molecule has 70 valence electrons. The molecule has 0 saturated carbocycles. The van der Waals surface area contributed by atoms with E-state index in [0.29, 0.717) is 0 Å². The average Bonchev–Trinajstić information content (AvgIpc) is 2.16. The van der Waals surface area contributed by atoms with Gasteiger partial charge in [-0.05, 0) is 23.4 Å². The SMILES string of the molecule is CCSc1cccc(C=CCS)c1. The predicted molar refractivity (Wildman–Crippen MR) is 65.7 cm³/mol. The summed E-state index contributed by atoms with van der Waals surface area (Å²) in [5, 5.41) is 0. The molecule has 0 saturated heterocycles. The van der Waals surface area contributed by atoms with Crippen LogP contribution in [0.1, 0.15) is 12.5 Å². The number of rotatable bonds is 4. The van der Waals surface area contributed by atoms with Crippen LogP contribution < -0.4 is 0 Å². The topological polar surface area (TPSA) is 0 Å². The van der Waals surface area contributed by atoms with E-state index in [1.54, 1.807) is 0 Å². The second-order valence-corrected chi connectivity index (χ2v) is 4.29. The molecule has 1 aromatic rings. The van der Waals surface area contributed by atoms with E-state index in [9.17, 15) is 0 Å². The number of thioether (sulfide) groups is 1. The van der Waals surface area contributed by atoms with Crippen molar-refractivity contribution in [2.24, 2.45) is 0 Å². The molecule has 0 nitrogen and oxygen atoms in total. The Hall–Kier alpha value is -0.340. The first-order valence-electron chi connectivity index (χ1n) is 4.37. The molecule has 13 heavy (non-hydrogen) atoms. The largest absolute Gasteiger partial charge is 0.175 e. The Morgan fingerprint density at radius 2 is 2.31 bits per heavy atom. The summed E-state index contributed by atoms with van der Waals surface area (Å²) in [5.41, 5.74) is 1.26. The molecule has 0 aromatic heterocycles. The van der Waals surface area contributed by atoms with Crippen LogP contribution in [0.2, 0.25) is 0 Å². The van der Waals surface area contributed by atoms with Crippen molar-refractivity contribution in [1.82, 2.24) is 0 Å². The van der Waals surface area contributed by atoms with Gasteiger partial charge in [-0.15, -0.1) is 11.8 Å². The van der Waals surface area contributed by atoms with Gasteiger partial charge in [-0.1, -0.05) is 31.2 Å². The Balaban J connectivity index is 2.73. The maximum absolute atomic E-state index is 4.13. The van der Waals surface area contributed by atoms with Gasteiger partial charge < -0.3 is 0 Å². The van der Waals surface area contributed by atoms with Gasteiger partial charge in [0.05, 0.1) is 0 Å². The summed E-state index contributed by atoms with van der Waals surface area (Å²) >= 11 is 6.00. The summed E-state index contributed by atoms with van der Waals surface area (Å²) in [6, 6.07) is 8.55. The molecule has 0 aliphatic rings. The maximum Gasteiger partial charge on any atom is 0.00858 e. The van der Waals surface area contributed by atoms with E-state index >= 15 is 0 Å². The van der Waals surface area contributed by atoms with Crippen molar-refractivity contribution in [3.8, 4) is 0 Å². The van der Waals surface area contributed by atoms with Gasteiger partial charge in [0.25, 0.3) is 0 Å². The van der Waals surface area contributed by atoms with Crippen molar-refractivity contribution in [2.75, 3.05) is 11.5 Å². The molecule has 1 aromatic carbocycles. The van der Waals surface area contributed by atoms with Gasteiger partial charge in [0.2, 0.25) is 0 Å². The minimum Gasteiger partial charge on any atom is -0.175 e. The highest BCUT2D eigenvalue weighted by atomic mass is 32.2. The smallest absolute Gasteiger partial charge is 0.00858 e. The Bertz CT molecular complexity index is 279. The Kier molecular flexibility index (Phi) is 5.09. The number of hydrogen-bond acceptors (Lipinski definition) is 2. The Morgan fingerprint density at radius 3 is 3.00 bits per heavy atom. The van der Waals surface area contributed by atoms with Crippen LogP contribution in [0.5, 0.6) is 0 Å². The zero-order chi connectivity index (χ0) is 9.52. The molecule has 0 unspecified atom stereocenters. The van der Waals surface area contributed by atoms with Gasteiger partial charge in [-0.3, -0.25) is 0 Å². The Morgan fingerprint density at radius 1 is 1.46 bits per heavy atom. The van der Waals surface area contributed by atoms with E-state index in [4.69, 9.17) is 0 Å². The second kappa shape index (κ2) is 6.17. The summed E-state index contributed by atoms with van der Waals surface area (Å²) < 4.78 is 0. The molecule has 0 aliphatic heterocycles. The molecule has 0 radical (unpaired) electrons. The maximum atomic E-state index is 4.13. The first kappa shape index (κ1) is 10.7. The fourth-order valence-electron chi connectivity index (χ4n) is 1.06. The summed E-state index contributed by atoms with van der Waals surface area (Å²) in [6.45, 7) is 2.17. The third-order valence-electron chi connectivity index (χ3n) is 1.58. The molecule has 1 rings (SSSR count). The molecule has 0 bridgehead atoms. The predicted octanol–water partition coefficient (Wildman–Crippen LogP) is 3.74. The molecule has 0 atom stereocenters. The average molecular weight is 210 g/mol. The first-order chi connectivity index (χ1) is 6.36. The van der Waals surface area contributed by atoms with E-state index in [2.05, 4.69) is 56.0 Å². The van der Waals surface area contributed by atoms with Crippen LogP contribution in [0, 0.1) is 0 Å². The third-order valence-corrected chi connectivity index (χ3v) is 2.67. The molecule has 0 aliphatic carbocycles. The highest BCUT2D eigenvalue weighted by Crippen LogP contribution is 2.19. The molecule has 0 amide bonds. The standard InChI is InChI=1S/C11H14S2/c1-2-13-11-7-3-5-10(9-11)6-4-8-12/h3-7,9,12H,2,8H2,1H3. The van der Waals surface area contributed by atoms with E-state index in [1.807, 2.05) is 11.8 Å². The van der Waals surface area contributed by atoms with Gasteiger partial charge in [-0.2, -0.15) is 12.6 Å². The van der Waals surface area contributed by atoms with Crippen LogP contribution in [0.15, 0.2) is 35.2 Å². The van der Waals surface area contributed by atoms with Crippen LogP contribution in [0.3, 0.4) is 0 Å². The summed E-state index contributed by atoms with van der Waals surface area (Å²) in [5.74, 6) is 1.92. The lowest BCUT2D eigenvalue weighted by Gasteiger charge is -1.99. The minimum absolute atomic E-state index is 0.797. The number of benzene rings is 1. The highest BCUT2D eigenvalue weighted by Gasteiger charge is 1.91. The third kappa shape index (κ3) is 3.92. The zero-order valence-corrected chi connectivity index (χ0v) is 9.44. The van der Waals surface area contributed by atoms with Crippen LogP contribution in [0.25, 0.3) is 6.08 Å². The van der Waals surface area contributed by atoms with Crippen LogP contribution in [-0.4, -0.2) is 11.5 Å². The van der Waals surface area contributed by atoms with Crippen molar-refractivity contribution in [3.63, 3.8) is 0 Å². The van der Waals surface area contributed by atoms with E-state index in [1.165, 1.54) is 10.5 Å². The number of thiol groups is 1. The number of hydrogen-bond donors (Lipinski definition) is 1. The Labute approximate surface area is 89.8 Å². The molecular formula is C11H14S2. The summed E-state index contributed by atoms with van der Waals surface area (Å²) in [7, 11) is 0. The molecule has 0 spiro atoms. The van der Waals surface area contributed by atoms with Gasteiger partial charge in [0.15, 0.2) is 0 Å². The van der Waals surface area contributed by atoms with E-state index in [-0.39, 0.29) is 0 Å². The molecule has 0 N–H and O–H groups in total. The lowest BCUT2D eigenvalue weighted by molar-refractivity contribution is 1.41. The van der Waals surface area contributed by atoms with Crippen molar-refractivity contribution in [1.29, 1.82) is 0 Å². The van der Waals surface area contributed by atoms with E-state index < -0.39 is 0 Å². The monoisotopic (exact) mass is 210 g/mol. The molecule has 2 heteroatoms. The van der Waals surface area contributed by atoms with Crippen LogP contribution in [-0.2, 0) is 0 Å². The normalized spacial score (nSPS) is 10.9. The van der Waals surface area contributed by atoms with Gasteiger partial charge in [-0.25, -0.2) is 0 Å².